The van der Waals surface area contributed by atoms with Crippen molar-refractivity contribution in [3.05, 3.63) is 41.2 Å². The summed E-state index contributed by atoms with van der Waals surface area (Å²) in [6, 6.07) is 3.98. The smallest absolute Gasteiger partial charge is 0.243 e. The molecule has 25 heavy (non-hydrogen) atoms. The molecule has 0 aliphatic carbocycles. The van der Waals surface area contributed by atoms with Crippen molar-refractivity contribution < 1.29 is 17.5 Å². The summed E-state index contributed by atoms with van der Waals surface area (Å²) in [4.78, 5) is 4.29. The Labute approximate surface area is 146 Å². The van der Waals surface area contributed by atoms with Gasteiger partial charge in [0.1, 0.15) is 11.6 Å². The summed E-state index contributed by atoms with van der Waals surface area (Å²) in [5, 5.41) is 6.96. The van der Waals surface area contributed by atoms with Gasteiger partial charge in [-0.25, -0.2) is 17.8 Å². The molecule has 1 aromatic heterocycles. The van der Waals surface area contributed by atoms with Gasteiger partial charge in [-0.3, -0.25) is 5.10 Å². The first-order valence-corrected chi connectivity index (χ1v) is 9.41. The van der Waals surface area contributed by atoms with Crippen molar-refractivity contribution in [1.82, 2.24) is 19.5 Å². The maximum atomic E-state index is 13.8. The van der Waals surface area contributed by atoms with Gasteiger partial charge < -0.3 is 4.74 Å². The molecule has 3 rings (SSSR count). The summed E-state index contributed by atoms with van der Waals surface area (Å²) >= 11 is 0. The number of H-pyrrole nitrogens is 1. The third-order valence-corrected chi connectivity index (χ3v) is 6.34. The van der Waals surface area contributed by atoms with Gasteiger partial charge >= 0.3 is 0 Å². The Hall–Kier alpha value is -1.84. The van der Waals surface area contributed by atoms with E-state index >= 15 is 0 Å². The van der Waals surface area contributed by atoms with Crippen LogP contribution in [0.4, 0.5) is 4.39 Å². The number of hydrogen-bond acceptors (Lipinski definition) is 5. The molecule has 0 saturated carbocycles. The highest BCUT2D eigenvalue weighted by atomic mass is 32.2. The van der Waals surface area contributed by atoms with Gasteiger partial charge in [-0.2, -0.15) is 9.40 Å². The quantitative estimate of drug-likeness (QED) is 0.866. The van der Waals surface area contributed by atoms with Crippen LogP contribution in [0.1, 0.15) is 23.1 Å². The van der Waals surface area contributed by atoms with Gasteiger partial charge in [0.15, 0.2) is 5.82 Å². The first kappa shape index (κ1) is 18.0. The van der Waals surface area contributed by atoms with Gasteiger partial charge in [-0.05, 0) is 31.5 Å². The number of aromatic nitrogens is 3. The summed E-state index contributed by atoms with van der Waals surface area (Å²) in [6.07, 6.45) is 0. The molecule has 2 heterocycles. The van der Waals surface area contributed by atoms with Crippen molar-refractivity contribution in [3.63, 3.8) is 0 Å². The number of halogens is 1. The number of methoxy groups -OCH3 is 1. The lowest BCUT2D eigenvalue weighted by molar-refractivity contribution is 0.150. The van der Waals surface area contributed by atoms with Crippen LogP contribution in [0.3, 0.4) is 0 Å². The molecule has 1 fully saturated rings. The molecule has 1 N–H and O–H groups in total. The van der Waals surface area contributed by atoms with Crippen LogP contribution >= 0.6 is 0 Å². The summed E-state index contributed by atoms with van der Waals surface area (Å²) < 4.78 is 46.2. The number of hydrogen-bond donors (Lipinski definition) is 1. The van der Waals surface area contributed by atoms with E-state index < -0.39 is 15.8 Å². The fraction of sp³-hybridized carbons (Fsp3) is 0.500. The van der Waals surface area contributed by atoms with E-state index in [0.29, 0.717) is 23.8 Å². The summed E-state index contributed by atoms with van der Waals surface area (Å²) in [5.41, 5.74) is 0.409. The Kier molecular flexibility index (Phi) is 4.90. The van der Waals surface area contributed by atoms with Gasteiger partial charge in [0.2, 0.25) is 10.0 Å². The molecular formula is C16H21FN4O3S. The summed E-state index contributed by atoms with van der Waals surface area (Å²) in [6.45, 7) is 4.30. The predicted molar refractivity (Wildman–Crippen MR) is 89.1 cm³/mol. The van der Waals surface area contributed by atoms with Crippen molar-refractivity contribution in [2.75, 3.05) is 26.8 Å². The second-order valence-electron chi connectivity index (χ2n) is 6.33. The Bertz CT molecular complexity index is 868. The lowest BCUT2D eigenvalue weighted by atomic mass is 9.96. The number of benzene rings is 1. The zero-order valence-electron chi connectivity index (χ0n) is 14.4. The van der Waals surface area contributed by atoms with Gasteiger partial charge in [0.25, 0.3) is 0 Å². The highest BCUT2D eigenvalue weighted by molar-refractivity contribution is 7.89. The first-order valence-electron chi connectivity index (χ1n) is 7.97. The molecule has 2 aromatic rings. The van der Waals surface area contributed by atoms with Gasteiger partial charge in [-0.1, -0.05) is 6.07 Å². The average molecular weight is 368 g/mol. The molecule has 1 saturated heterocycles. The predicted octanol–water partition coefficient (Wildman–Crippen LogP) is 1.61. The third-order valence-electron chi connectivity index (χ3n) is 4.52. The van der Waals surface area contributed by atoms with E-state index in [1.54, 1.807) is 21.0 Å². The fourth-order valence-electron chi connectivity index (χ4n) is 3.11. The minimum Gasteiger partial charge on any atom is -0.384 e. The zero-order valence-corrected chi connectivity index (χ0v) is 15.2. The molecule has 7 nitrogen and oxygen atoms in total. The number of sulfonamides is 1. The molecule has 136 valence electrons. The standard InChI is InChI=1S/C16H21FN4O3S/c1-10-4-5-13(6-15(10)17)25(22,23)21-7-12(9-24-3)14(8-21)16-18-11(2)19-20-16/h4-6,12,14H,7-9H2,1-3H3,(H,18,19,20). The molecule has 0 bridgehead atoms. The first-order chi connectivity index (χ1) is 11.8. The SMILES string of the molecule is COCC1CN(S(=O)(=O)c2ccc(C)c(F)c2)CC1c1n[nH]c(C)n1. The summed E-state index contributed by atoms with van der Waals surface area (Å²) in [7, 11) is -2.22. The van der Waals surface area contributed by atoms with Crippen LogP contribution in [0.25, 0.3) is 0 Å². The largest absolute Gasteiger partial charge is 0.384 e. The normalized spacial score (nSPS) is 21.8. The third kappa shape index (κ3) is 3.44. The highest BCUT2D eigenvalue weighted by Crippen LogP contribution is 2.34. The maximum absolute atomic E-state index is 13.8. The van der Waals surface area contributed by atoms with Crippen molar-refractivity contribution >= 4 is 10.0 Å². The molecule has 1 aliphatic heterocycles. The van der Waals surface area contributed by atoms with Crippen LogP contribution in [0.5, 0.6) is 0 Å². The van der Waals surface area contributed by atoms with Crippen LogP contribution in [0.2, 0.25) is 0 Å². The number of aromatic amines is 1. The van der Waals surface area contributed by atoms with E-state index in [-0.39, 0.29) is 29.8 Å². The van der Waals surface area contributed by atoms with Crippen LogP contribution in [-0.4, -0.2) is 54.7 Å². The topological polar surface area (TPSA) is 88.2 Å². The molecule has 0 spiro atoms. The van der Waals surface area contributed by atoms with E-state index in [1.807, 2.05) is 0 Å². The second kappa shape index (κ2) is 6.81. The van der Waals surface area contributed by atoms with Crippen LogP contribution in [0, 0.1) is 25.6 Å². The van der Waals surface area contributed by atoms with Crippen LogP contribution in [-0.2, 0) is 14.8 Å². The Morgan fingerprint density at radius 2 is 2.12 bits per heavy atom. The Morgan fingerprint density at radius 1 is 1.36 bits per heavy atom. The molecule has 1 aliphatic rings. The molecule has 0 radical (unpaired) electrons. The minimum absolute atomic E-state index is 0.0430. The number of ether oxygens (including phenoxy) is 1. The van der Waals surface area contributed by atoms with E-state index in [9.17, 15) is 12.8 Å². The fourth-order valence-corrected chi connectivity index (χ4v) is 4.65. The Balaban J connectivity index is 1.90. The van der Waals surface area contributed by atoms with Crippen LogP contribution < -0.4 is 0 Å². The Morgan fingerprint density at radius 3 is 2.72 bits per heavy atom. The van der Waals surface area contributed by atoms with Crippen molar-refractivity contribution in [3.8, 4) is 0 Å². The second-order valence-corrected chi connectivity index (χ2v) is 8.27. The van der Waals surface area contributed by atoms with E-state index in [0.717, 1.165) is 6.07 Å². The van der Waals surface area contributed by atoms with E-state index in [4.69, 9.17) is 4.74 Å². The lowest BCUT2D eigenvalue weighted by Crippen LogP contribution is -2.29. The van der Waals surface area contributed by atoms with E-state index in [2.05, 4.69) is 15.2 Å². The number of aryl methyl sites for hydroxylation is 2. The molecule has 0 amide bonds. The zero-order chi connectivity index (χ0) is 18.2. The highest BCUT2D eigenvalue weighted by Gasteiger charge is 2.41. The van der Waals surface area contributed by atoms with Crippen molar-refractivity contribution in [2.24, 2.45) is 5.92 Å². The average Bonchev–Trinajstić information content (AvgIpc) is 3.17. The van der Waals surface area contributed by atoms with Crippen molar-refractivity contribution in [2.45, 2.75) is 24.7 Å². The van der Waals surface area contributed by atoms with Gasteiger partial charge in [0, 0.05) is 32.0 Å². The summed E-state index contributed by atoms with van der Waals surface area (Å²) in [5.74, 6) is 0.482. The molecule has 2 unspecified atom stereocenters. The molecular weight excluding hydrogens is 347 g/mol. The number of rotatable bonds is 5. The monoisotopic (exact) mass is 368 g/mol. The van der Waals surface area contributed by atoms with Crippen LogP contribution in [0.15, 0.2) is 23.1 Å². The number of nitrogens with zero attached hydrogens (tertiary/aromatic N) is 3. The van der Waals surface area contributed by atoms with Crippen molar-refractivity contribution in [1.29, 1.82) is 0 Å². The number of nitrogens with one attached hydrogen (secondary N) is 1. The van der Waals surface area contributed by atoms with E-state index in [1.165, 1.54) is 16.4 Å². The molecule has 2 atom stereocenters. The van der Waals surface area contributed by atoms with Gasteiger partial charge in [-0.15, -0.1) is 0 Å². The minimum atomic E-state index is -3.79. The molecule has 9 heteroatoms. The lowest BCUT2D eigenvalue weighted by Gasteiger charge is -2.16. The maximum Gasteiger partial charge on any atom is 0.243 e. The molecule has 1 aromatic carbocycles. The van der Waals surface area contributed by atoms with Gasteiger partial charge in [0.05, 0.1) is 11.5 Å².